The Morgan fingerprint density at radius 3 is 2.79 bits per heavy atom. The largest absolute Gasteiger partial charge is 0.411 e. The zero-order valence-corrected chi connectivity index (χ0v) is 9.34. The fraction of sp³-hybridized carbons (Fsp3) is 0.125. The van der Waals surface area contributed by atoms with E-state index in [1.165, 1.54) is 6.07 Å². The van der Waals surface area contributed by atoms with E-state index in [-0.39, 0.29) is 16.4 Å². The second-order valence-electron chi connectivity index (χ2n) is 2.95. The molecule has 0 radical (unpaired) electrons. The predicted octanol–water partition coefficient (Wildman–Crippen LogP) is 1.41. The van der Waals surface area contributed by atoms with Crippen molar-refractivity contribution in [3.05, 3.63) is 28.2 Å². The summed E-state index contributed by atoms with van der Waals surface area (Å²) in [6.45, 7) is 0. The van der Waals surface area contributed by atoms with Gasteiger partial charge in [0.05, 0.1) is 4.90 Å². The number of hydrogen-bond donors (Lipinski definition) is 1. The normalized spacial score (nSPS) is 21.1. The molecule has 1 aliphatic heterocycles. The maximum atomic E-state index is 11.6. The SMILES string of the molecule is O=S1(=O)C/C(=N\O)c2ccc(Br)cc21. The Balaban J connectivity index is 2.79. The summed E-state index contributed by atoms with van der Waals surface area (Å²) in [6, 6.07) is 4.85. The number of nitrogens with zero attached hydrogens (tertiary/aromatic N) is 1. The van der Waals surface area contributed by atoms with Crippen LogP contribution >= 0.6 is 15.9 Å². The molecule has 74 valence electrons. The van der Waals surface area contributed by atoms with E-state index in [1.807, 2.05) is 0 Å². The topological polar surface area (TPSA) is 66.7 Å². The molecule has 4 nitrogen and oxygen atoms in total. The molecule has 1 aliphatic rings. The second kappa shape index (κ2) is 3.06. The minimum absolute atomic E-state index is 0.201. The molecule has 0 unspecified atom stereocenters. The third-order valence-corrected chi connectivity index (χ3v) is 4.19. The average molecular weight is 276 g/mol. The summed E-state index contributed by atoms with van der Waals surface area (Å²) in [5, 5.41) is 11.6. The van der Waals surface area contributed by atoms with Crippen LogP contribution in [0.5, 0.6) is 0 Å². The fourth-order valence-electron chi connectivity index (χ4n) is 1.41. The number of sulfone groups is 1. The van der Waals surface area contributed by atoms with Gasteiger partial charge < -0.3 is 5.21 Å². The molecule has 6 heteroatoms. The molecule has 0 aliphatic carbocycles. The summed E-state index contributed by atoms with van der Waals surface area (Å²) in [7, 11) is -3.31. The van der Waals surface area contributed by atoms with Crippen LogP contribution in [0.4, 0.5) is 0 Å². The Bertz CT molecular complexity index is 521. The molecule has 0 fully saturated rings. The van der Waals surface area contributed by atoms with E-state index < -0.39 is 9.84 Å². The molecule has 0 aromatic heterocycles. The van der Waals surface area contributed by atoms with Gasteiger partial charge in [-0.3, -0.25) is 0 Å². The number of oxime groups is 1. The molecular weight excluding hydrogens is 270 g/mol. The molecule has 0 atom stereocenters. The van der Waals surface area contributed by atoms with E-state index >= 15 is 0 Å². The lowest BCUT2D eigenvalue weighted by Crippen LogP contribution is -2.04. The smallest absolute Gasteiger partial charge is 0.184 e. The summed E-state index contributed by atoms with van der Waals surface area (Å²) < 4.78 is 23.8. The minimum atomic E-state index is -3.31. The molecule has 1 aromatic carbocycles. The molecule has 1 N–H and O–H groups in total. The summed E-state index contributed by atoms with van der Waals surface area (Å²) in [4.78, 5) is 0.222. The molecular formula is C8H6BrNO3S. The van der Waals surface area contributed by atoms with Crippen molar-refractivity contribution < 1.29 is 13.6 Å². The minimum Gasteiger partial charge on any atom is -0.411 e. The maximum absolute atomic E-state index is 11.6. The summed E-state index contributed by atoms with van der Waals surface area (Å²) >= 11 is 3.19. The molecule has 14 heavy (non-hydrogen) atoms. The Morgan fingerprint density at radius 1 is 1.43 bits per heavy atom. The van der Waals surface area contributed by atoms with Crippen molar-refractivity contribution in [3.8, 4) is 0 Å². The van der Waals surface area contributed by atoms with Gasteiger partial charge in [0.2, 0.25) is 0 Å². The van der Waals surface area contributed by atoms with Crippen molar-refractivity contribution >= 4 is 31.5 Å². The first-order chi connectivity index (χ1) is 6.54. The zero-order chi connectivity index (χ0) is 10.3. The van der Waals surface area contributed by atoms with Crippen LogP contribution in [0.3, 0.4) is 0 Å². The van der Waals surface area contributed by atoms with E-state index in [4.69, 9.17) is 5.21 Å². The summed E-state index contributed by atoms with van der Waals surface area (Å²) in [5.74, 6) is -0.227. The van der Waals surface area contributed by atoms with Crippen LogP contribution in [-0.2, 0) is 9.84 Å². The molecule has 0 bridgehead atoms. The van der Waals surface area contributed by atoms with Crippen molar-refractivity contribution in [2.75, 3.05) is 5.75 Å². The fourth-order valence-corrected chi connectivity index (χ4v) is 3.48. The van der Waals surface area contributed by atoms with E-state index in [1.54, 1.807) is 12.1 Å². The molecule has 2 rings (SSSR count). The van der Waals surface area contributed by atoms with Gasteiger partial charge in [-0.05, 0) is 12.1 Å². The monoisotopic (exact) mass is 275 g/mol. The van der Waals surface area contributed by atoms with Crippen molar-refractivity contribution in [3.63, 3.8) is 0 Å². The Morgan fingerprint density at radius 2 is 2.14 bits per heavy atom. The molecule has 1 aromatic rings. The van der Waals surface area contributed by atoms with Crippen molar-refractivity contribution in [1.29, 1.82) is 0 Å². The van der Waals surface area contributed by atoms with Crippen LogP contribution < -0.4 is 0 Å². The predicted molar refractivity (Wildman–Crippen MR) is 54.5 cm³/mol. The van der Waals surface area contributed by atoms with Gasteiger partial charge in [-0.2, -0.15) is 0 Å². The van der Waals surface area contributed by atoms with Crippen LogP contribution in [0.15, 0.2) is 32.7 Å². The standard InChI is InChI=1S/C8H6BrNO3S/c9-5-1-2-6-7(10-11)4-14(12,13)8(6)3-5/h1-3,11H,4H2/b10-7+. The Labute approximate surface area is 89.3 Å². The highest BCUT2D eigenvalue weighted by Crippen LogP contribution is 2.28. The third-order valence-electron chi connectivity index (χ3n) is 2.04. The lowest BCUT2D eigenvalue weighted by Gasteiger charge is -1.97. The van der Waals surface area contributed by atoms with Crippen molar-refractivity contribution in [1.82, 2.24) is 0 Å². The number of rotatable bonds is 0. The van der Waals surface area contributed by atoms with E-state index in [0.717, 1.165) is 0 Å². The van der Waals surface area contributed by atoms with Crippen molar-refractivity contribution in [2.45, 2.75) is 4.90 Å². The van der Waals surface area contributed by atoms with E-state index in [2.05, 4.69) is 21.1 Å². The van der Waals surface area contributed by atoms with Crippen LogP contribution in [0.1, 0.15) is 5.56 Å². The molecule has 1 heterocycles. The number of hydrogen-bond acceptors (Lipinski definition) is 4. The Hall–Kier alpha value is -0.880. The third kappa shape index (κ3) is 1.34. The zero-order valence-electron chi connectivity index (χ0n) is 6.94. The van der Waals surface area contributed by atoms with E-state index in [9.17, 15) is 8.42 Å². The highest BCUT2D eigenvalue weighted by Gasteiger charge is 2.32. The van der Waals surface area contributed by atoms with E-state index in [0.29, 0.717) is 10.0 Å². The maximum Gasteiger partial charge on any atom is 0.184 e. The summed E-state index contributed by atoms with van der Waals surface area (Å²) in [5.41, 5.74) is 0.684. The van der Waals surface area contributed by atoms with Gasteiger partial charge in [0, 0.05) is 10.0 Å². The van der Waals surface area contributed by atoms with Gasteiger partial charge in [-0.15, -0.1) is 0 Å². The molecule has 0 spiro atoms. The highest BCUT2D eigenvalue weighted by atomic mass is 79.9. The van der Waals surface area contributed by atoms with Gasteiger partial charge >= 0.3 is 0 Å². The first kappa shape index (κ1) is 9.67. The van der Waals surface area contributed by atoms with Crippen LogP contribution in [0, 0.1) is 0 Å². The summed E-state index contributed by atoms with van der Waals surface area (Å²) in [6.07, 6.45) is 0. The molecule has 0 saturated carbocycles. The molecule has 0 saturated heterocycles. The lowest BCUT2D eigenvalue weighted by atomic mass is 10.1. The Kier molecular flexibility index (Phi) is 2.11. The quantitative estimate of drug-likeness (QED) is 0.575. The van der Waals surface area contributed by atoms with Gasteiger partial charge in [0.1, 0.15) is 11.5 Å². The van der Waals surface area contributed by atoms with Crippen LogP contribution in [-0.4, -0.2) is 25.1 Å². The van der Waals surface area contributed by atoms with Crippen LogP contribution in [0.25, 0.3) is 0 Å². The number of fused-ring (bicyclic) bond motifs is 1. The first-order valence-corrected chi connectivity index (χ1v) is 6.23. The number of benzene rings is 1. The van der Waals surface area contributed by atoms with Gasteiger partial charge in [0.25, 0.3) is 0 Å². The average Bonchev–Trinajstić information content (AvgIpc) is 2.38. The number of halogens is 1. The highest BCUT2D eigenvalue weighted by molar-refractivity contribution is 9.10. The second-order valence-corrected chi connectivity index (χ2v) is 5.82. The van der Waals surface area contributed by atoms with Gasteiger partial charge in [-0.25, -0.2) is 8.42 Å². The van der Waals surface area contributed by atoms with Gasteiger partial charge in [-0.1, -0.05) is 27.2 Å². The van der Waals surface area contributed by atoms with Crippen molar-refractivity contribution in [2.24, 2.45) is 5.16 Å². The van der Waals surface area contributed by atoms with Crippen LogP contribution in [0.2, 0.25) is 0 Å². The molecule has 0 amide bonds. The first-order valence-electron chi connectivity index (χ1n) is 3.78. The van der Waals surface area contributed by atoms with Gasteiger partial charge in [0.15, 0.2) is 9.84 Å². The lowest BCUT2D eigenvalue weighted by molar-refractivity contribution is 0.319.